The molecule has 1 aromatic heterocycles. The average Bonchev–Trinajstić information content (AvgIpc) is 4.14. The number of nitrogens with one attached hydrogen (secondary N) is 4. The second-order valence-corrected chi connectivity index (χ2v) is 18.3. The third-order valence-electron chi connectivity index (χ3n) is 13.3. The maximum Gasteiger partial charge on any atom is 0.407 e. The molecule has 0 bridgehead atoms. The summed E-state index contributed by atoms with van der Waals surface area (Å²) in [6.07, 6.45) is 3.32. The van der Waals surface area contributed by atoms with Gasteiger partial charge in [0.25, 0.3) is 0 Å². The van der Waals surface area contributed by atoms with E-state index in [1.807, 2.05) is 53.7 Å². The zero-order valence-corrected chi connectivity index (χ0v) is 39.4. The van der Waals surface area contributed by atoms with Crippen LogP contribution in [-0.4, -0.2) is 95.8 Å². The van der Waals surface area contributed by atoms with E-state index in [4.69, 9.17) is 19.2 Å². The van der Waals surface area contributed by atoms with Crippen LogP contribution < -0.4 is 25.6 Å². The first-order valence-electron chi connectivity index (χ1n) is 23.2. The third kappa shape index (κ3) is 9.92. The van der Waals surface area contributed by atoms with Crippen LogP contribution in [-0.2, 0) is 19.1 Å². The Morgan fingerprint density at radius 3 is 2.03 bits per heavy atom. The fraction of sp³-hybridized carbons (Fsp3) is 0.500. The number of aryl methyl sites for hydroxylation is 1. The molecule has 4 heterocycles. The Bertz CT molecular complexity index is 2440. The molecule has 354 valence electrons. The molecule has 0 aliphatic carbocycles. The van der Waals surface area contributed by atoms with Gasteiger partial charge in [-0.2, -0.15) is 0 Å². The second-order valence-electron chi connectivity index (χ2n) is 18.3. The number of ether oxygens (including phenoxy) is 3. The molecule has 15 nitrogen and oxygen atoms in total. The largest absolute Gasteiger partial charge is 0.491 e. The first kappa shape index (κ1) is 47.6. The highest BCUT2D eigenvalue weighted by Gasteiger charge is 2.40. The van der Waals surface area contributed by atoms with Crippen molar-refractivity contribution in [2.45, 2.75) is 116 Å². The summed E-state index contributed by atoms with van der Waals surface area (Å²) in [6.45, 7) is 17.3. The smallest absolute Gasteiger partial charge is 0.407 e. The number of likely N-dealkylation sites (tertiary alicyclic amines) is 2. The van der Waals surface area contributed by atoms with Crippen LogP contribution in [0.5, 0.6) is 5.75 Å². The summed E-state index contributed by atoms with van der Waals surface area (Å²) in [5.74, 6) is -0.208. The van der Waals surface area contributed by atoms with Crippen molar-refractivity contribution < 1.29 is 37.8 Å². The molecule has 16 heteroatoms. The Morgan fingerprint density at radius 1 is 0.803 bits per heavy atom. The molecule has 0 radical (unpaired) electrons. The van der Waals surface area contributed by atoms with Gasteiger partial charge in [-0.15, -0.1) is 0 Å². The number of fused-ring (bicyclic) bond motifs is 1. The summed E-state index contributed by atoms with van der Waals surface area (Å²) < 4.78 is 31.0. The number of anilines is 2. The fourth-order valence-electron chi connectivity index (χ4n) is 9.86. The van der Waals surface area contributed by atoms with Crippen LogP contribution in [0.25, 0.3) is 11.0 Å². The van der Waals surface area contributed by atoms with E-state index in [2.05, 4.69) is 62.7 Å². The van der Waals surface area contributed by atoms with Gasteiger partial charge in [-0.25, -0.2) is 19.0 Å². The van der Waals surface area contributed by atoms with Gasteiger partial charge >= 0.3 is 12.2 Å². The van der Waals surface area contributed by atoms with Crippen molar-refractivity contribution in [3.63, 3.8) is 0 Å². The molecular weight excluding hydrogens is 844 g/mol. The maximum atomic E-state index is 15.7. The van der Waals surface area contributed by atoms with Crippen molar-refractivity contribution in [1.82, 2.24) is 30.4 Å². The molecule has 3 saturated heterocycles. The predicted octanol–water partition coefficient (Wildman–Crippen LogP) is 8.83. The van der Waals surface area contributed by atoms with Crippen LogP contribution in [0.4, 0.5) is 25.4 Å². The number of rotatable bonds is 15. The summed E-state index contributed by atoms with van der Waals surface area (Å²) >= 11 is 0. The van der Waals surface area contributed by atoms with Gasteiger partial charge in [0.15, 0.2) is 11.6 Å². The number of nitrogens with zero attached hydrogens (tertiary/aromatic N) is 4. The summed E-state index contributed by atoms with van der Waals surface area (Å²) in [4.78, 5) is 66.5. The molecule has 0 saturated carbocycles. The van der Waals surface area contributed by atoms with Crippen molar-refractivity contribution in [3.8, 4) is 5.75 Å². The molecule has 0 unspecified atom stereocenters. The van der Waals surface area contributed by atoms with Crippen molar-refractivity contribution in [3.05, 3.63) is 95.2 Å². The molecule has 3 aromatic carbocycles. The van der Waals surface area contributed by atoms with Gasteiger partial charge < -0.3 is 49.8 Å². The van der Waals surface area contributed by atoms with Crippen molar-refractivity contribution in [2.24, 2.45) is 11.8 Å². The number of H-pyrrole nitrogens is 1. The lowest BCUT2D eigenvalue weighted by molar-refractivity contribution is -0.136. The monoisotopic (exact) mass is 908 g/mol. The molecule has 4 N–H and O–H groups in total. The van der Waals surface area contributed by atoms with E-state index in [-0.39, 0.29) is 53.6 Å². The van der Waals surface area contributed by atoms with E-state index in [0.717, 1.165) is 71.9 Å². The SMILES string of the molecule is C=C(Nc1cc([C@H]2CC[C@H](c3ccc4nc([C@@H]5CCCN5C(=O)[C@@H](NC(=O)OC)C(C)C)[nH]c4c3)N2c2ccc(OCC)c(F)c2)ccc1C)[C@@H]1CCCN1C(=O)[C@@H](NC(=O)OC)C(C)C. The van der Waals surface area contributed by atoms with E-state index in [9.17, 15) is 19.2 Å². The number of imidazole rings is 1. The number of halogens is 1. The van der Waals surface area contributed by atoms with Crippen LogP contribution in [0.3, 0.4) is 0 Å². The van der Waals surface area contributed by atoms with Crippen LogP contribution in [0.2, 0.25) is 0 Å². The lowest BCUT2D eigenvalue weighted by atomic mass is 10.00. The molecule has 6 atom stereocenters. The normalized spacial score (nSPS) is 20.4. The maximum absolute atomic E-state index is 15.7. The van der Waals surface area contributed by atoms with E-state index < -0.39 is 30.1 Å². The van der Waals surface area contributed by atoms with Crippen LogP contribution >= 0.6 is 0 Å². The zero-order chi connectivity index (χ0) is 47.4. The van der Waals surface area contributed by atoms with Crippen LogP contribution in [0.1, 0.15) is 114 Å². The highest BCUT2D eigenvalue weighted by Crippen LogP contribution is 2.48. The average molecular weight is 909 g/mol. The summed E-state index contributed by atoms with van der Waals surface area (Å²) in [7, 11) is 2.56. The number of hydrogen-bond donors (Lipinski definition) is 4. The van der Waals surface area contributed by atoms with Gasteiger partial charge in [0.2, 0.25) is 11.8 Å². The number of methoxy groups -OCH3 is 2. The Morgan fingerprint density at radius 2 is 1.41 bits per heavy atom. The Balaban J connectivity index is 1.17. The topological polar surface area (TPSA) is 170 Å². The van der Waals surface area contributed by atoms with Gasteiger partial charge in [0, 0.05) is 36.2 Å². The minimum Gasteiger partial charge on any atom is -0.491 e. The van der Waals surface area contributed by atoms with Gasteiger partial charge in [0.1, 0.15) is 17.9 Å². The lowest BCUT2D eigenvalue weighted by Crippen LogP contribution is -2.53. The van der Waals surface area contributed by atoms with Crippen molar-refractivity contribution in [1.29, 1.82) is 0 Å². The summed E-state index contributed by atoms with van der Waals surface area (Å²) in [5, 5.41) is 9.00. The first-order valence-corrected chi connectivity index (χ1v) is 23.2. The van der Waals surface area contributed by atoms with E-state index in [1.54, 1.807) is 21.9 Å². The standard InChI is InChI=1S/C50H65FN8O7/c1-10-66-43-22-18-34(27-35(43)51)59-40(32-16-15-30(6)37(25-32)52-31(7)39-13-11-23-57(39)47(60)44(28(2)3)55-49(62)64-8)20-21-41(59)33-17-19-36-38(26-33)54-46(53-36)42-14-12-24-58(42)48(61)45(29(4)5)56-50(63)65-9/h15-19,22,25-29,39-42,44-45,52H,7,10-14,20-21,23-24H2,1-6,8-9H3,(H,53,54)(H,55,62)(H,56,63)/t39-,40+,41+,42-,44-,45-/m0/s1. The van der Waals surface area contributed by atoms with Gasteiger partial charge in [-0.3, -0.25) is 9.59 Å². The van der Waals surface area contributed by atoms with E-state index in [1.165, 1.54) is 14.2 Å². The van der Waals surface area contributed by atoms with E-state index in [0.29, 0.717) is 36.9 Å². The molecule has 7 rings (SSSR count). The zero-order valence-electron chi connectivity index (χ0n) is 39.4. The van der Waals surface area contributed by atoms with Crippen molar-refractivity contribution in [2.75, 3.05) is 44.1 Å². The number of aromatic amines is 1. The molecule has 0 spiro atoms. The Kier molecular flexibility index (Phi) is 14.8. The number of amides is 4. The van der Waals surface area contributed by atoms with Gasteiger partial charge in [0.05, 0.1) is 56.0 Å². The predicted molar refractivity (Wildman–Crippen MR) is 252 cm³/mol. The molecule has 3 aliphatic heterocycles. The molecular formula is C50H65FN8O7. The number of aromatic nitrogens is 2. The lowest BCUT2D eigenvalue weighted by Gasteiger charge is -2.34. The summed E-state index contributed by atoms with van der Waals surface area (Å²) in [6, 6.07) is 15.3. The molecule has 66 heavy (non-hydrogen) atoms. The van der Waals surface area contributed by atoms with Crippen LogP contribution in [0, 0.1) is 24.6 Å². The molecule has 4 aromatic rings. The third-order valence-corrected chi connectivity index (χ3v) is 13.3. The van der Waals surface area contributed by atoms with E-state index >= 15 is 4.39 Å². The first-order chi connectivity index (χ1) is 31.6. The molecule has 3 fully saturated rings. The minimum atomic E-state index is -0.741. The van der Waals surface area contributed by atoms with Crippen LogP contribution in [0.15, 0.2) is 66.9 Å². The Labute approximate surface area is 386 Å². The number of hydrogen-bond acceptors (Lipinski definition) is 10. The molecule has 3 aliphatic rings. The van der Waals surface area contributed by atoms with Crippen molar-refractivity contribution >= 4 is 46.4 Å². The fourth-order valence-corrected chi connectivity index (χ4v) is 9.86. The quantitative estimate of drug-likeness (QED) is 0.0904. The number of alkyl carbamates (subject to hydrolysis) is 2. The van der Waals surface area contributed by atoms with Gasteiger partial charge in [-0.05, 0) is 111 Å². The van der Waals surface area contributed by atoms with Gasteiger partial charge in [-0.1, -0.05) is 52.5 Å². The number of carbonyl (C=O) groups excluding carboxylic acids is 4. The number of benzene rings is 3. The molecule has 4 amide bonds. The Hall–Kier alpha value is -6.32. The second kappa shape index (κ2) is 20.5. The highest BCUT2D eigenvalue weighted by atomic mass is 19.1. The highest BCUT2D eigenvalue weighted by molar-refractivity contribution is 5.87. The summed E-state index contributed by atoms with van der Waals surface area (Å²) in [5.41, 5.74) is 6.92. The number of carbonyl (C=O) groups is 4. The minimum absolute atomic E-state index is 0.137.